The van der Waals surface area contributed by atoms with Crippen LogP contribution >= 0.6 is 0 Å². The molecule has 3 rings (SSSR count). The first-order valence-electron chi connectivity index (χ1n) is 9.38. The Morgan fingerprint density at radius 1 is 1.04 bits per heavy atom. The molecule has 0 amide bonds. The van der Waals surface area contributed by atoms with Gasteiger partial charge in [0, 0.05) is 19.4 Å². The largest absolute Gasteiger partial charge is 0.396 e. The van der Waals surface area contributed by atoms with Gasteiger partial charge in [-0.1, -0.05) is 12.8 Å². The van der Waals surface area contributed by atoms with Crippen LogP contribution in [0, 0.1) is 17.8 Å². The van der Waals surface area contributed by atoms with E-state index in [-0.39, 0.29) is 30.5 Å². The molecule has 1 heterocycles. The molecule has 3 fully saturated rings. The number of hydrogen-bond acceptors (Lipinski definition) is 5. The van der Waals surface area contributed by atoms with Gasteiger partial charge in [0.05, 0.1) is 25.4 Å². The molecule has 0 aromatic heterocycles. The van der Waals surface area contributed by atoms with Crippen molar-refractivity contribution in [3.05, 3.63) is 0 Å². The van der Waals surface area contributed by atoms with Crippen LogP contribution in [0.4, 0.5) is 0 Å². The molecule has 1 unspecified atom stereocenters. The van der Waals surface area contributed by atoms with Crippen molar-refractivity contribution in [1.29, 1.82) is 0 Å². The highest BCUT2D eigenvalue weighted by atomic mass is 16.7. The van der Waals surface area contributed by atoms with Crippen LogP contribution in [0.1, 0.15) is 57.8 Å². The zero-order valence-corrected chi connectivity index (χ0v) is 14.0. The molecule has 1 spiro atoms. The maximum absolute atomic E-state index is 10.4. The molecule has 1 aliphatic heterocycles. The van der Waals surface area contributed by atoms with Gasteiger partial charge in [0.25, 0.3) is 0 Å². The number of aliphatic hydroxyl groups excluding tert-OH is 3. The monoisotopic (exact) mass is 328 g/mol. The lowest BCUT2D eigenvalue weighted by atomic mass is 9.86. The molecule has 3 N–H and O–H groups in total. The van der Waals surface area contributed by atoms with Gasteiger partial charge in [0.1, 0.15) is 0 Å². The Hall–Kier alpha value is -0.200. The van der Waals surface area contributed by atoms with Crippen LogP contribution in [-0.2, 0) is 9.47 Å². The molecule has 1 saturated heterocycles. The number of aliphatic hydroxyl groups is 3. The molecule has 5 nitrogen and oxygen atoms in total. The number of hydrogen-bond donors (Lipinski definition) is 3. The molecular weight excluding hydrogens is 296 g/mol. The fraction of sp³-hybridized carbons (Fsp3) is 1.00. The first kappa shape index (κ1) is 17.6. The predicted molar refractivity (Wildman–Crippen MR) is 85.8 cm³/mol. The molecule has 0 radical (unpaired) electrons. The summed E-state index contributed by atoms with van der Waals surface area (Å²) in [6.45, 7) is 1.62. The van der Waals surface area contributed by atoms with Crippen molar-refractivity contribution in [2.24, 2.45) is 17.8 Å². The van der Waals surface area contributed by atoms with Crippen LogP contribution in [0.15, 0.2) is 0 Å². The van der Waals surface area contributed by atoms with Gasteiger partial charge >= 0.3 is 0 Å². The van der Waals surface area contributed by atoms with Gasteiger partial charge < -0.3 is 24.8 Å². The quantitative estimate of drug-likeness (QED) is 0.593. The summed E-state index contributed by atoms with van der Waals surface area (Å²) in [5.74, 6) is 0.898. The molecule has 0 aromatic rings. The van der Waals surface area contributed by atoms with Gasteiger partial charge in [0.2, 0.25) is 0 Å². The zero-order chi connectivity index (χ0) is 16.3. The van der Waals surface area contributed by atoms with E-state index in [1.54, 1.807) is 0 Å². The SMILES string of the molecule is OCCCCCC(O)CC[C@@H]1[C@@H]2CC3(C[C@@H]2C[C@H]1O)OCCO3. The van der Waals surface area contributed by atoms with Crippen LogP contribution in [0.25, 0.3) is 0 Å². The van der Waals surface area contributed by atoms with Crippen LogP contribution in [-0.4, -0.2) is 53.1 Å². The number of unbranched alkanes of at least 4 members (excludes halogenated alkanes) is 2. The van der Waals surface area contributed by atoms with Gasteiger partial charge in [-0.15, -0.1) is 0 Å². The normalized spacial score (nSPS) is 36.7. The summed E-state index contributed by atoms with van der Waals surface area (Å²) in [5.41, 5.74) is 0. The Balaban J connectivity index is 1.44. The second-order valence-corrected chi connectivity index (χ2v) is 7.71. The van der Waals surface area contributed by atoms with Gasteiger partial charge in [-0.25, -0.2) is 0 Å². The van der Waals surface area contributed by atoms with Crippen molar-refractivity contribution in [1.82, 2.24) is 0 Å². The van der Waals surface area contributed by atoms with Gasteiger partial charge in [-0.3, -0.25) is 0 Å². The summed E-state index contributed by atoms with van der Waals surface area (Å²) in [6.07, 6.45) is 7.38. The minimum absolute atomic E-state index is 0.231. The van der Waals surface area contributed by atoms with Crippen LogP contribution in [0.3, 0.4) is 0 Å². The summed E-state index contributed by atoms with van der Waals surface area (Å²) in [5, 5.41) is 29.3. The average Bonchev–Trinajstić information content (AvgIpc) is 3.18. The number of ether oxygens (including phenoxy) is 2. The topological polar surface area (TPSA) is 79.2 Å². The van der Waals surface area contributed by atoms with E-state index in [0.29, 0.717) is 25.0 Å². The van der Waals surface area contributed by atoms with Gasteiger partial charge in [-0.05, 0) is 49.9 Å². The van der Waals surface area contributed by atoms with Crippen molar-refractivity contribution in [3.8, 4) is 0 Å². The summed E-state index contributed by atoms with van der Waals surface area (Å²) in [6, 6.07) is 0. The highest BCUT2D eigenvalue weighted by molar-refractivity contribution is 5.01. The van der Waals surface area contributed by atoms with Crippen molar-refractivity contribution < 1.29 is 24.8 Å². The minimum Gasteiger partial charge on any atom is -0.396 e. The first-order valence-corrected chi connectivity index (χ1v) is 9.38. The molecular formula is C18H32O5. The lowest BCUT2D eigenvalue weighted by Crippen LogP contribution is -2.30. The third-order valence-corrected chi connectivity index (χ3v) is 6.16. The third-order valence-electron chi connectivity index (χ3n) is 6.16. The smallest absolute Gasteiger partial charge is 0.169 e. The third kappa shape index (κ3) is 4.07. The Morgan fingerprint density at radius 3 is 2.57 bits per heavy atom. The highest BCUT2D eigenvalue weighted by Crippen LogP contribution is 2.55. The van der Waals surface area contributed by atoms with Crippen molar-refractivity contribution in [3.63, 3.8) is 0 Å². The lowest BCUT2D eigenvalue weighted by molar-refractivity contribution is -0.158. The van der Waals surface area contributed by atoms with Crippen LogP contribution in [0.5, 0.6) is 0 Å². The summed E-state index contributed by atoms with van der Waals surface area (Å²) >= 11 is 0. The molecule has 5 heteroatoms. The van der Waals surface area contributed by atoms with Crippen LogP contribution < -0.4 is 0 Å². The van der Waals surface area contributed by atoms with E-state index >= 15 is 0 Å². The van der Waals surface area contributed by atoms with E-state index < -0.39 is 0 Å². The second kappa shape index (κ2) is 7.79. The van der Waals surface area contributed by atoms with Crippen LogP contribution in [0.2, 0.25) is 0 Å². The molecule has 2 saturated carbocycles. The van der Waals surface area contributed by atoms with E-state index in [4.69, 9.17) is 14.6 Å². The Labute approximate surface area is 139 Å². The Kier molecular flexibility index (Phi) is 5.97. The molecule has 0 bridgehead atoms. The highest BCUT2D eigenvalue weighted by Gasteiger charge is 2.56. The Bertz CT molecular complexity index is 368. The van der Waals surface area contributed by atoms with Crippen molar-refractivity contribution in [2.45, 2.75) is 75.8 Å². The lowest BCUT2D eigenvalue weighted by Gasteiger charge is -2.26. The zero-order valence-electron chi connectivity index (χ0n) is 14.0. The number of fused-ring (bicyclic) bond motifs is 1. The van der Waals surface area contributed by atoms with E-state index in [0.717, 1.165) is 57.8 Å². The van der Waals surface area contributed by atoms with E-state index in [9.17, 15) is 10.2 Å². The molecule has 134 valence electrons. The van der Waals surface area contributed by atoms with Crippen molar-refractivity contribution in [2.75, 3.05) is 19.8 Å². The summed E-state index contributed by atoms with van der Waals surface area (Å²) < 4.78 is 11.7. The molecule has 5 atom stereocenters. The Morgan fingerprint density at radius 2 is 1.83 bits per heavy atom. The maximum Gasteiger partial charge on any atom is 0.169 e. The summed E-state index contributed by atoms with van der Waals surface area (Å²) in [7, 11) is 0. The van der Waals surface area contributed by atoms with E-state index in [1.165, 1.54) is 0 Å². The van der Waals surface area contributed by atoms with E-state index in [1.807, 2.05) is 0 Å². The average molecular weight is 328 g/mol. The maximum atomic E-state index is 10.4. The molecule has 2 aliphatic carbocycles. The van der Waals surface area contributed by atoms with Gasteiger partial charge in [0.15, 0.2) is 5.79 Å². The van der Waals surface area contributed by atoms with Gasteiger partial charge in [-0.2, -0.15) is 0 Å². The number of rotatable bonds is 8. The minimum atomic E-state index is -0.364. The van der Waals surface area contributed by atoms with E-state index in [2.05, 4.69) is 0 Å². The predicted octanol–water partition coefficient (Wildman–Crippen LogP) is 1.83. The first-order chi connectivity index (χ1) is 11.1. The summed E-state index contributed by atoms with van der Waals surface area (Å²) in [4.78, 5) is 0. The molecule has 23 heavy (non-hydrogen) atoms. The molecule has 3 aliphatic rings. The second-order valence-electron chi connectivity index (χ2n) is 7.71. The fourth-order valence-corrected chi connectivity index (χ4v) is 5.03. The van der Waals surface area contributed by atoms with Crippen molar-refractivity contribution >= 4 is 0 Å². The molecule has 0 aromatic carbocycles. The standard InChI is InChI=1S/C18H32O5/c19-7-3-1-2-4-14(20)5-6-15-16-12-18(22-8-9-23-18)11-13(16)10-17(15)21/h13-17,19-21H,1-12H2/t13-,14?,15+,16+,17+/m0/s1. The fourth-order valence-electron chi connectivity index (χ4n) is 5.03.